The van der Waals surface area contributed by atoms with Crippen molar-refractivity contribution in [2.75, 3.05) is 38.6 Å². The first kappa shape index (κ1) is 17.9. The lowest BCUT2D eigenvalue weighted by atomic mass is 10.2. The summed E-state index contributed by atoms with van der Waals surface area (Å²) in [6.45, 7) is 3.80. The minimum atomic E-state index is -0.445. The van der Waals surface area contributed by atoms with Crippen LogP contribution in [0.15, 0.2) is 29.4 Å². The van der Waals surface area contributed by atoms with Crippen LogP contribution in [-0.2, 0) is 4.74 Å². The van der Waals surface area contributed by atoms with Crippen LogP contribution < -0.4 is 0 Å². The Morgan fingerprint density at radius 3 is 2.73 bits per heavy atom. The maximum absolute atomic E-state index is 14.2. The van der Waals surface area contributed by atoms with Gasteiger partial charge in [0.15, 0.2) is 11.0 Å². The first-order chi connectivity index (χ1) is 12.7. The molecule has 1 aliphatic carbocycles. The van der Waals surface area contributed by atoms with E-state index in [0.29, 0.717) is 29.7 Å². The number of aliphatic hydroxyl groups is 1. The Hall–Kier alpha value is -1.48. The maximum atomic E-state index is 14.2. The van der Waals surface area contributed by atoms with Crippen molar-refractivity contribution in [2.45, 2.75) is 30.1 Å². The average Bonchev–Trinajstić information content (AvgIpc) is 3.41. The molecular formula is C18H23FN4O2S. The highest BCUT2D eigenvalue weighted by Crippen LogP contribution is 2.41. The summed E-state index contributed by atoms with van der Waals surface area (Å²) in [5.74, 6) is 0.834. The van der Waals surface area contributed by atoms with Crippen molar-refractivity contribution in [3.63, 3.8) is 0 Å². The lowest BCUT2D eigenvalue weighted by molar-refractivity contribution is 0.0188. The van der Waals surface area contributed by atoms with Crippen molar-refractivity contribution in [2.24, 2.45) is 0 Å². The third-order valence-electron chi connectivity index (χ3n) is 4.67. The van der Waals surface area contributed by atoms with E-state index in [1.807, 2.05) is 10.6 Å². The molecule has 0 amide bonds. The van der Waals surface area contributed by atoms with Gasteiger partial charge in [-0.1, -0.05) is 23.9 Å². The number of rotatable bonds is 7. The van der Waals surface area contributed by atoms with E-state index >= 15 is 0 Å². The van der Waals surface area contributed by atoms with Crippen LogP contribution in [0, 0.1) is 5.82 Å². The molecule has 1 aromatic carbocycles. The van der Waals surface area contributed by atoms with Crippen LogP contribution in [0.1, 0.15) is 18.9 Å². The van der Waals surface area contributed by atoms with Gasteiger partial charge in [0.1, 0.15) is 5.82 Å². The fraction of sp³-hybridized carbons (Fsp3) is 0.556. The van der Waals surface area contributed by atoms with Crippen LogP contribution in [-0.4, -0.2) is 69.5 Å². The van der Waals surface area contributed by atoms with Crippen LogP contribution in [0.25, 0.3) is 11.4 Å². The van der Waals surface area contributed by atoms with Crippen molar-refractivity contribution in [1.82, 2.24) is 19.7 Å². The smallest absolute Gasteiger partial charge is 0.191 e. The van der Waals surface area contributed by atoms with E-state index in [-0.39, 0.29) is 5.82 Å². The lowest BCUT2D eigenvalue weighted by Crippen LogP contribution is -2.41. The molecule has 1 saturated carbocycles. The van der Waals surface area contributed by atoms with Crippen molar-refractivity contribution in [3.05, 3.63) is 30.1 Å². The molecule has 26 heavy (non-hydrogen) atoms. The normalized spacial score (nSPS) is 19.6. The molecule has 1 saturated heterocycles. The quantitative estimate of drug-likeness (QED) is 0.746. The summed E-state index contributed by atoms with van der Waals surface area (Å²) in [6.07, 6.45) is 1.67. The molecule has 0 unspecified atom stereocenters. The average molecular weight is 378 g/mol. The van der Waals surface area contributed by atoms with Gasteiger partial charge in [-0.05, 0) is 25.0 Å². The number of hydrogen-bond acceptors (Lipinski definition) is 6. The fourth-order valence-corrected chi connectivity index (χ4v) is 4.09. The van der Waals surface area contributed by atoms with Gasteiger partial charge in [-0.25, -0.2) is 4.39 Å². The second-order valence-corrected chi connectivity index (χ2v) is 7.75. The van der Waals surface area contributed by atoms with Crippen LogP contribution >= 0.6 is 11.8 Å². The van der Waals surface area contributed by atoms with Crippen molar-refractivity contribution < 1.29 is 14.2 Å². The molecule has 6 nitrogen and oxygen atoms in total. The largest absolute Gasteiger partial charge is 0.391 e. The van der Waals surface area contributed by atoms with E-state index in [0.717, 1.165) is 44.3 Å². The van der Waals surface area contributed by atoms with E-state index in [1.165, 1.54) is 17.8 Å². The number of halogens is 1. The van der Waals surface area contributed by atoms with Gasteiger partial charge in [-0.2, -0.15) is 0 Å². The molecule has 1 atom stereocenters. The Bertz CT molecular complexity index is 747. The number of nitrogens with zero attached hydrogens (tertiary/aromatic N) is 4. The van der Waals surface area contributed by atoms with Gasteiger partial charge < -0.3 is 9.84 Å². The lowest BCUT2D eigenvalue weighted by Gasteiger charge is -2.28. The summed E-state index contributed by atoms with van der Waals surface area (Å²) >= 11 is 1.49. The summed E-state index contributed by atoms with van der Waals surface area (Å²) in [5.41, 5.74) is 0.479. The third kappa shape index (κ3) is 4.09. The number of hydrogen-bond donors (Lipinski definition) is 1. The Morgan fingerprint density at radius 1 is 1.23 bits per heavy atom. The van der Waals surface area contributed by atoms with Gasteiger partial charge in [-0.15, -0.1) is 10.2 Å². The summed E-state index contributed by atoms with van der Waals surface area (Å²) in [4.78, 5) is 2.21. The summed E-state index contributed by atoms with van der Waals surface area (Å²) < 4.78 is 21.5. The highest BCUT2D eigenvalue weighted by molar-refractivity contribution is 7.99. The van der Waals surface area contributed by atoms with Crippen LogP contribution in [0.2, 0.25) is 0 Å². The monoisotopic (exact) mass is 378 g/mol. The molecule has 4 rings (SSSR count). The van der Waals surface area contributed by atoms with E-state index in [9.17, 15) is 9.50 Å². The fourth-order valence-electron chi connectivity index (χ4n) is 3.17. The Kier molecular flexibility index (Phi) is 5.54. The van der Waals surface area contributed by atoms with Crippen LogP contribution in [0.3, 0.4) is 0 Å². The van der Waals surface area contributed by atoms with Gasteiger partial charge in [-0.3, -0.25) is 9.47 Å². The number of ether oxygens (including phenoxy) is 1. The predicted molar refractivity (Wildman–Crippen MR) is 97.7 cm³/mol. The van der Waals surface area contributed by atoms with Crippen LogP contribution in [0.4, 0.5) is 4.39 Å². The Balaban J connectivity index is 1.44. The van der Waals surface area contributed by atoms with Gasteiger partial charge in [0.2, 0.25) is 0 Å². The molecule has 2 fully saturated rings. The molecule has 0 radical (unpaired) electrons. The number of thioether (sulfide) groups is 1. The Labute approximate surface area is 156 Å². The number of aliphatic hydroxyl groups excluding tert-OH is 1. The number of β-amino-alcohol motifs (C(OH)–C–C–N with tert-alkyl or cyclic N) is 1. The zero-order valence-electron chi connectivity index (χ0n) is 14.6. The van der Waals surface area contributed by atoms with E-state index in [4.69, 9.17) is 4.74 Å². The molecular weight excluding hydrogens is 355 g/mol. The van der Waals surface area contributed by atoms with Gasteiger partial charge in [0, 0.05) is 31.4 Å². The molecule has 8 heteroatoms. The van der Waals surface area contributed by atoms with Crippen molar-refractivity contribution in [1.29, 1.82) is 0 Å². The molecule has 0 bridgehead atoms. The minimum absolute atomic E-state index is 0.286. The number of morpholine rings is 1. The second-order valence-electron chi connectivity index (χ2n) is 6.77. The van der Waals surface area contributed by atoms with Gasteiger partial charge in [0.05, 0.1) is 24.9 Å². The summed E-state index contributed by atoms with van der Waals surface area (Å²) in [6, 6.07) is 7.00. The highest BCUT2D eigenvalue weighted by Gasteiger charge is 2.31. The molecule has 140 valence electrons. The van der Waals surface area contributed by atoms with Gasteiger partial charge >= 0.3 is 0 Å². The molecule has 2 aromatic rings. The van der Waals surface area contributed by atoms with E-state index in [2.05, 4.69) is 15.1 Å². The van der Waals surface area contributed by atoms with Gasteiger partial charge in [0.25, 0.3) is 0 Å². The molecule has 2 heterocycles. The van der Waals surface area contributed by atoms with Crippen LogP contribution in [0.5, 0.6) is 0 Å². The molecule has 1 aliphatic heterocycles. The predicted octanol–water partition coefficient (Wildman–Crippen LogP) is 2.20. The summed E-state index contributed by atoms with van der Waals surface area (Å²) in [5, 5.41) is 19.6. The zero-order valence-corrected chi connectivity index (χ0v) is 15.4. The van der Waals surface area contributed by atoms with Crippen molar-refractivity contribution in [3.8, 4) is 11.4 Å². The molecule has 2 aliphatic rings. The summed E-state index contributed by atoms with van der Waals surface area (Å²) in [7, 11) is 0. The molecule has 1 N–H and O–H groups in total. The van der Waals surface area contributed by atoms with E-state index in [1.54, 1.807) is 12.1 Å². The SMILES string of the molecule is O[C@@H](CSc1nnc(-c2ccccc2F)n1C1CC1)CN1CCOCC1. The number of aromatic nitrogens is 3. The van der Waals surface area contributed by atoms with E-state index < -0.39 is 6.10 Å². The zero-order chi connectivity index (χ0) is 17.9. The second kappa shape index (κ2) is 8.04. The molecule has 1 aromatic heterocycles. The Morgan fingerprint density at radius 2 is 2.00 bits per heavy atom. The topological polar surface area (TPSA) is 63.4 Å². The minimum Gasteiger partial charge on any atom is -0.391 e. The third-order valence-corrected chi connectivity index (χ3v) is 5.76. The number of benzene rings is 1. The first-order valence-corrected chi connectivity index (χ1v) is 10.0. The standard InChI is InChI=1S/C18H23FN4O2S/c19-16-4-2-1-3-15(16)17-20-21-18(23(17)13-5-6-13)26-12-14(24)11-22-7-9-25-10-8-22/h1-4,13-14,24H,5-12H2/t14-/m1/s1. The maximum Gasteiger partial charge on any atom is 0.191 e. The molecule has 0 spiro atoms. The highest BCUT2D eigenvalue weighted by atomic mass is 32.2. The van der Waals surface area contributed by atoms with Crippen molar-refractivity contribution >= 4 is 11.8 Å². The first-order valence-electron chi connectivity index (χ1n) is 9.03.